The van der Waals surface area contributed by atoms with Crippen LogP contribution in [0.2, 0.25) is 0 Å². The van der Waals surface area contributed by atoms with E-state index in [-0.39, 0.29) is 11.6 Å². The summed E-state index contributed by atoms with van der Waals surface area (Å²) in [6.07, 6.45) is 4.47. The highest BCUT2D eigenvalue weighted by molar-refractivity contribution is 7.14. The Balaban J connectivity index is 2.21. The molecular weight excluding hydrogens is 282 g/mol. The summed E-state index contributed by atoms with van der Waals surface area (Å²) in [6.45, 7) is 4.17. The third-order valence-electron chi connectivity index (χ3n) is 4.05. The maximum absolute atomic E-state index is 12.9. The Hall–Kier alpha value is -1.62. The van der Waals surface area contributed by atoms with Gasteiger partial charge in [0.2, 0.25) is 0 Å². The molecule has 1 aliphatic rings. The molecule has 0 bridgehead atoms. The summed E-state index contributed by atoms with van der Waals surface area (Å²) in [6, 6.07) is 2.26. The lowest BCUT2D eigenvalue weighted by atomic mass is 9.93. The molecule has 21 heavy (non-hydrogen) atoms. The number of fused-ring (bicyclic) bond motifs is 1. The van der Waals surface area contributed by atoms with Gasteiger partial charge in [-0.15, -0.1) is 11.3 Å². The van der Waals surface area contributed by atoms with E-state index < -0.39 is 0 Å². The van der Waals surface area contributed by atoms with Crippen molar-refractivity contribution < 1.29 is 0 Å². The number of hydrogen-bond acceptors (Lipinski definition) is 4. The topological polar surface area (TPSA) is 46.9 Å². The number of anilines is 1. The molecule has 2 heterocycles. The average molecular weight is 303 g/mol. The number of thiazole rings is 1. The van der Waals surface area contributed by atoms with Crippen LogP contribution in [-0.2, 0) is 12.8 Å². The lowest BCUT2D eigenvalue weighted by molar-refractivity contribution is 0.520. The molecule has 112 valence electrons. The Bertz CT molecular complexity index is 715. The van der Waals surface area contributed by atoms with Crippen molar-refractivity contribution in [3.63, 3.8) is 0 Å². The highest BCUT2D eigenvalue weighted by atomic mass is 32.1. The van der Waals surface area contributed by atoms with E-state index in [2.05, 4.69) is 30.2 Å². The quantitative estimate of drug-likeness (QED) is 0.944. The largest absolute Gasteiger partial charge is 0.365 e. The lowest BCUT2D eigenvalue weighted by Gasteiger charge is -2.24. The standard InChI is InChI=1S/C16H21N3OS/c1-10(2)19-14-7-5-4-6-11(14)8-12(15(19)20)13-9-21-16(17-3)18-13/h8-10H,4-7H2,1-3H3,(H,17,18). The van der Waals surface area contributed by atoms with E-state index in [1.54, 1.807) is 0 Å². The molecule has 5 heteroatoms. The molecule has 0 saturated carbocycles. The first-order valence-corrected chi connectivity index (χ1v) is 8.40. The number of hydrogen-bond donors (Lipinski definition) is 1. The van der Waals surface area contributed by atoms with Crippen LogP contribution in [0, 0.1) is 0 Å². The van der Waals surface area contributed by atoms with Gasteiger partial charge in [0.15, 0.2) is 5.13 Å². The summed E-state index contributed by atoms with van der Waals surface area (Å²) >= 11 is 1.53. The molecule has 0 atom stereocenters. The van der Waals surface area contributed by atoms with E-state index in [1.165, 1.54) is 35.4 Å². The van der Waals surface area contributed by atoms with Crippen LogP contribution in [0.1, 0.15) is 44.0 Å². The molecule has 0 saturated heterocycles. The fourth-order valence-corrected chi connectivity index (χ4v) is 3.75. The zero-order valence-corrected chi connectivity index (χ0v) is 13.6. The predicted molar refractivity (Wildman–Crippen MR) is 88.4 cm³/mol. The molecule has 0 amide bonds. The van der Waals surface area contributed by atoms with E-state index in [4.69, 9.17) is 0 Å². The van der Waals surface area contributed by atoms with Crippen molar-refractivity contribution in [2.45, 2.75) is 45.6 Å². The summed E-state index contributed by atoms with van der Waals surface area (Å²) in [5, 5.41) is 5.84. The van der Waals surface area contributed by atoms with Crippen LogP contribution < -0.4 is 10.9 Å². The Morgan fingerprint density at radius 2 is 2.10 bits per heavy atom. The fourth-order valence-electron chi connectivity index (χ4n) is 3.07. The number of nitrogens with zero attached hydrogens (tertiary/aromatic N) is 2. The van der Waals surface area contributed by atoms with E-state index in [9.17, 15) is 4.79 Å². The molecule has 0 radical (unpaired) electrons. The monoisotopic (exact) mass is 303 g/mol. The molecule has 1 aliphatic carbocycles. The summed E-state index contributed by atoms with van der Waals surface area (Å²) in [4.78, 5) is 17.4. The molecule has 1 N–H and O–H groups in total. The van der Waals surface area contributed by atoms with Crippen LogP contribution in [0.25, 0.3) is 11.3 Å². The normalized spacial score (nSPS) is 14.3. The van der Waals surface area contributed by atoms with Crippen LogP contribution >= 0.6 is 11.3 Å². The Kier molecular flexibility index (Phi) is 3.85. The van der Waals surface area contributed by atoms with Gasteiger partial charge in [0.25, 0.3) is 5.56 Å². The lowest BCUT2D eigenvalue weighted by Crippen LogP contribution is -2.29. The van der Waals surface area contributed by atoms with Crippen molar-refractivity contribution in [1.29, 1.82) is 0 Å². The molecule has 0 fully saturated rings. The van der Waals surface area contributed by atoms with Crippen molar-refractivity contribution in [2.75, 3.05) is 12.4 Å². The highest BCUT2D eigenvalue weighted by Crippen LogP contribution is 2.28. The minimum Gasteiger partial charge on any atom is -0.365 e. The molecule has 0 unspecified atom stereocenters. The van der Waals surface area contributed by atoms with Gasteiger partial charge in [-0.3, -0.25) is 4.79 Å². The summed E-state index contributed by atoms with van der Waals surface area (Å²) in [7, 11) is 1.85. The number of aryl methyl sites for hydroxylation is 1. The van der Waals surface area contributed by atoms with E-state index in [0.717, 1.165) is 29.2 Å². The zero-order valence-electron chi connectivity index (χ0n) is 12.8. The number of rotatable bonds is 3. The Morgan fingerprint density at radius 3 is 2.76 bits per heavy atom. The molecule has 0 spiro atoms. The van der Waals surface area contributed by atoms with Gasteiger partial charge in [0.1, 0.15) is 0 Å². The van der Waals surface area contributed by atoms with Gasteiger partial charge < -0.3 is 9.88 Å². The maximum atomic E-state index is 12.9. The van der Waals surface area contributed by atoms with E-state index in [0.29, 0.717) is 0 Å². The van der Waals surface area contributed by atoms with Gasteiger partial charge in [0, 0.05) is 24.2 Å². The van der Waals surface area contributed by atoms with Gasteiger partial charge in [0.05, 0.1) is 11.3 Å². The van der Waals surface area contributed by atoms with Gasteiger partial charge >= 0.3 is 0 Å². The van der Waals surface area contributed by atoms with Crippen LogP contribution in [0.15, 0.2) is 16.2 Å². The molecule has 0 aliphatic heterocycles. The third-order valence-corrected chi connectivity index (χ3v) is 4.91. The number of nitrogens with one attached hydrogen (secondary N) is 1. The molecule has 3 rings (SSSR count). The van der Waals surface area contributed by atoms with E-state index in [1.807, 2.05) is 17.0 Å². The molecule has 0 aromatic carbocycles. The highest BCUT2D eigenvalue weighted by Gasteiger charge is 2.20. The first kappa shape index (κ1) is 14.3. The minimum atomic E-state index is 0.0959. The molecule has 2 aromatic rings. The summed E-state index contributed by atoms with van der Waals surface area (Å²) in [5.74, 6) is 0. The van der Waals surface area contributed by atoms with Crippen LogP contribution in [0.4, 0.5) is 5.13 Å². The van der Waals surface area contributed by atoms with E-state index >= 15 is 0 Å². The summed E-state index contributed by atoms with van der Waals surface area (Å²) in [5.41, 5.74) is 4.18. The predicted octanol–water partition coefficient (Wildman–Crippen LogP) is 3.47. The van der Waals surface area contributed by atoms with Crippen molar-refractivity contribution in [3.05, 3.63) is 33.1 Å². The average Bonchev–Trinajstić information content (AvgIpc) is 2.94. The van der Waals surface area contributed by atoms with Crippen molar-refractivity contribution in [3.8, 4) is 11.3 Å². The molecule has 2 aromatic heterocycles. The van der Waals surface area contributed by atoms with Crippen LogP contribution in [-0.4, -0.2) is 16.6 Å². The fraction of sp³-hybridized carbons (Fsp3) is 0.500. The Morgan fingerprint density at radius 1 is 1.33 bits per heavy atom. The smallest absolute Gasteiger partial charge is 0.260 e. The minimum absolute atomic E-state index is 0.0959. The van der Waals surface area contributed by atoms with Crippen molar-refractivity contribution in [1.82, 2.24) is 9.55 Å². The number of aromatic nitrogens is 2. The Labute approximate surface area is 128 Å². The van der Waals surface area contributed by atoms with Crippen LogP contribution in [0.3, 0.4) is 0 Å². The van der Waals surface area contributed by atoms with Gasteiger partial charge in [-0.1, -0.05) is 0 Å². The molecule has 4 nitrogen and oxygen atoms in total. The maximum Gasteiger partial charge on any atom is 0.260 e. The van der Waals surface area contributed by atoms with Gasteiger partial charge in [-0.25, -0.2) is 4.98 Å². The van der Waals surface area contributed by atoms with Gasteiger partial charge in [-0.2, -0.15) is 0 Å². The second-order valence-corrected chi connectivity index (χ2v) is 6.65. The van der Waals surface area contributed by atoms with Crippen molar-refractivity contribution in [2.24, 2.45) is 0 Å². The third kappa shape index (κ3) is 2.50. The SMILES string of the molecule is CNc1nc(-c2cc3c(n(C(C)C)c2=O)CCCC3)cs1. The first-order chi connectivity index (χ1) is 10.1. The van der Waals surface area contributed by atoms with Crippen LogP contribution in [0.5, 0.6) is 0 Å². The van der Waals surface area contributed by atoms with Crippen molar-refractivity contribution >= 4 is 16.5 Å². The first-order valence-electron chi connectivity index (χ1n) is 7.52. The second-order valence-electron chi connectivity index (χ2n) is 5.79. The molecular formula is C16H21N3OS. The summed E-state index contributed by atoms with van der Waals surface area (Å²) < 4.78 is 1.97. The second kappa shape index (κ2) is 5.64. The van der Waals surface area contributed by atoms with Gasteiger partial charge in [-0.05, 0) is 51.2 Å². The zero-order chi connectivity index (χ0) is 15.0. The number of pyridine rings is 1.